The second-order valence-corrected chi connectivity index (χ2v) is 10.2. The minimum absolute atomic E-state index is 0.0334. The highest BCUT2D eigenvalue weighted by Crippen LogP contribution is 2.21. The maximum Gasteiger partial charge on any atom is 0.274 e. The molecule has 1 atom stereocenters. The first kappa shape index (κ1) is 26.6. The number of aromatic nitrogens is 2. The Labute approximate surface area is 229 Å². The lowest BCUT2D eigenvalue weighted by Crippen LogP contribution is -2.46. The molecule has 2 amide bonds. The van der Waals surface area contributed by atoms with Crippen LogP contribution in [0.4, 0.5) is 11.5 Å². The molecule has 3 aromatic rings. The molecule has 204 valence electrons. The highest BCUT2D eigenvalue weighted by Gasteiger charge is 2.20. The molecule has 5 N–H and O–H groups in total. The molecule has 0 spiro atoms. The van der Waals surface area contributed by atoms with Crippen LogP contribution in [0, 0.1) is 0 Å². The zero-order valence-electron chi connectivity index (χ0n) is 22.3. The van der Waals surface area contributed by atoms with Crippen molar-refractivity contribution >= 4 is 23.3 Å². The van der Waals surface area contributed by atoms with Crippen molar-refractivity contribution in [2.75, 3.05) is 56.9 Å². The first-order chi connectivity index (χ1) is 19.0. The number of rotatable bonds is 7. The van der Waals surface area contributed by atoms with Gasteiger partial charge in [-0.25, -0.2) is 9.97 Å². The molecule has 1 unspecified atom stereocenters. The molecule has 0 saturated carbocycles. The molecule has 2 aliphatic heterocycles. The fraction of sp³-hybridized carbons (Fsp3) is 0.379. The monoisotopic (exact) mass is 528 g/mol. The molecule has 39 heavy (non-hydrogen) atoms. The van der Waals surface area contributed by atoms with E-state index in [1.165, 1.54) is 11.9 Å². The lowest BCUT2D eigenvalue weighted by Gasteiger charge is -2.34. The third-order valence-corrected chi connectivity index (χ3v) is 7.33. The van der Waals surface area contributed by atoms with Crippen molar-refractivity contribution in [2.24, 2.45) is 0 Å². The van der Waals surface area contributed by atoms with E-state index in [0.717, 1.165) is 57.7 Å². The molecular weight excluding hydrogens is 492 g/mol. The number of nitrogens with one attached hydrogen (secondary N) is 3. The predicted octanol–water partition coefficient (Wildman–Crippen LogP) is 1.89. The van der Waals surface area contributed by atoms with E-state index >= 15 is 0 Å². The lowest BCUT2D eigenvalue weighted by molar-refractivity contribution is 0.0923. The van der Waals surface area contributed by atoms with E-state index in [2.05, 4.69) is 67.0 Å². The summed E-state index contributed by atoms with van der Waals surface area (Å²) >= 11 is 0. The van der Waals surface area contributed by atoms with Crippen molar-refractivity contribution in [3.8, 4) is 11.3 Å². The van der Waals surface area contributed by atoms with Gasteiger partial charge < -0.3 is 31.5 Å². The zero-order chi connectivity index (χ0) is 27.2. The first-order valence-electron chi connectivity index (χ1n) is 13.5. The summed E-state index contributed by atoms with van der Waals surface area (Å²) in [5.74, 6) is -0.457. The Morgan fingerprint density at radius 1 is 1.08 bits per heavy atom. The molecule has 2 aliphatic rings. The third kappa shape index (κ3) is 6.71. The minimum atomic E-state index is -0.344. The van der Waals surface area contributed by atoms with Crippen molar-refractivity contribution in [3.05, 3.63) is 71.5 Å². The van der Waals surface area contributed by atoms with Crippen molar-refractivity contribution in [3.63, 3.8) is 0 Å². The Bertz CT molecular complexity index is 1300. The van der Waals surface area contributed by atoms with Crippen LogP contribution in [-0.2, 0) is 6.54 Å². The number of likely N-dealkylation sites (N-methyl/N-ethyl adjacent to an activating group) is 1. The van der Waals surface area contributed by atoms with Gasteiger partial charge in [0.2, 0.25) is 0 Å². The smallest absolute Gasteiger partial charge is 0.274 e. The topological polar surface area (TPSA) is 129 Å². The summed E-state index contributed by atoms with van der Waals surface area (Å²) in [7, 11) is 2.15. The number of carbonyl (C=O) groups excluding carboxylic acids is 2. The average Bonchev–Trinajstić information content (AvgIpc) is 2.97. The van der Waals surface area contributed by atoms with E-state index in [0.29, 0.717) is 23.4 Å². The van der Waals surface area contributed by atoms with Crippen LogP contribution in [0.3, 0.4) is 0 Å². The number of nitrogens with two attached hydrogens (primary N) is 1. The highest BCUT2D eigenvalue weighted by molar-refractivity contribution is 5.97. The number of hydrogen-bond donors (Lipinski definition) is 4. The molecule has 3 heterocycles. The number of piperidine rings is 1. The minimum Gasteiger partial charge on any atom is -0.382 e. The van der Waals surface area contributed by atoms with Gasteiger partial charge in [0.05, 0.1) is 11.9 Å². The second-order valence-electron chi connectivity index (χ2n) is 10.2. The molecule has 2 saturated heterocycles. The quantitative estimate of drug-likeness (QED) is 0.366. The number of anilines is 2. The fourth-order valence-corrected chi connectivity index (χ4v) is 4.93. The van der Waals surface area contributed by atoms with Crippen LogP contribution >= 0.6 is 0 Å². The molecule has 0 bridgehead atoms. The Kier molecular flexibility index (Phi) is 8.33. The number of amides is 2. The van der Waals surface area contributed by atoms with Gasteiger partial charge in [0.15, 0.2) is 11.5 Å². The maximum atomic E-state index is 12.9. The SMILES string of the molecule is CN1CCN(c2ccc(CNC(=O)c3cccc(-c4cnc(N)c(C(=O)NC5CCCNC5)n4)c3)cc2)CC1. The van der Waals surface area contributed by atoms with E-state index in [9.17, 15) is 9.59 Å². The molecule has 1 aromatic heterocycles. The molecule has 5 rings (SSSR count). The van der Waals surface area contributed by atoms with Gasteiger partial charge in [0.25, 0.3) is 11.8 Å². The van der Waals surface area contributed by atoms with E-state index in [-0.39, 0.29) is 29.4 Å². The number of hydrogen-bond acceptors (Lipinski definition) is 8. The molecule has 2 fully saturated rings. The number of nitrogen functional groups attached to an aromatic ring is 1. The summed E-state index contributed by atoms with van der Waals surface area (Å²) in [6.07, 6.45) is 3.43. The Morgan fingerprint density at radius 2 is 1.87 bits per heavy atom. The van der Waals surface area contributed by atoms with Crippen molar-refractivity contribution < 1.29 is 9.59 Å². The van der Waals surface area contributed by atoms with Gasteiger partial charge in [-0.15, -0.1) is 0 Å². The maximum absolute atomic E-state index is 12.9. The lowest BCUT2D eigenvalue weighted by atomic mass is 10.1. The van der Waals surface area contributed by atoms with E-state index in [1.807, 2.05) is 6.07 Å². The standard InChI is InChI=1S/C29H36N8O2/c1-36-12-14-37(15-13-36)24-9-7-20(8-10-24)17-33-28(38)22-5-2-4-21(16-22)25-19-32-27(30)26(35-25)29(39)34-23-6-3-11-31-18-23/h2,4-5,7-10,16,19,23,31H,3,6,11-15,17-18H2,1H3,(H2,30,32)(H,33,38)(H,34,39). The highest BCUT2D eigenvalue weighted by atomic mass is 16.2. The molecule has 10 nitrogen and oxygen atoms in total. The zero-order valence-corrected chi connectivity index (χ0v) is 22.3. The van der Waals surface area contributed by atoms with Crippen LogP contribution < -0.4 is 26.6 Å². The van der Waals surface area contributed by atoms with Crippen LogP contribution in [0.15, 0.2) is 54.7 Å². The summed E-state index contributed by atoms with van der Waals surface area (Å²) in [6.45, 7) is 6.26. The van der Waals surface area contributed by atoms with E-state index < -0.39 is 0 Å². The molecule has 0 aliphatic carbocycles. The molecular formula is C29H36N8O2. The van der Waals surface area contributed by atoms with Gasteiger partial charge in [0, 0.05) is 62.1 Å². The average molecular weight is 529 g/mol. The van der Waals surface area contributed by atoms with Crippen LogP contribution in [0.5, 0.6) is 0 Å². The summed E-state index contributed by atoms with van der Waals surface area (Å²) in [5.41, 5.74) is 9.97. The van der Waals surface area contributed by atoms with Gasteiger partial charge >= 0.3 is 0 Å². The Morgan fingerprint density at radius 3 is 2.62 bits per heavy atom. The van der Waals surface area contributed by atoms with Crippen LogP contribution in [-0.4, -0.2) is 79.0 Å². The second kappa shape index (κ2) is 12.2. The Hall–Kier alpha value is -4.02. The van der Waals surface area contributed by atoms with E-state index in [4.69, 9.17) is 5.73 Å². The number of nitrogens with zero attached hydrogens (tertiary/aromatic N) is 4. The van der Waals surface area contributed by atoms with Crippen LogP contribution in [0.1, 0.15) is 39.3 Å². The van der Waals surface area contributed by atoms with Gasteiger partial charge in [-0.05, 0) is 56.3 Å². The Balaban J connectivity index is 1.21. The molecule has 10 heteroatoms. The molecule has 2 aromatic carbocycles. The van der Waals surface area contributed by atoms with Crippen molar-refractivity contribution in [1.82, 2.24) is 30.8 Å². The third-order valence-electron chi connectivity index (χ3n) is 7.33. The molecule has 0 radical (unpaired) electrons. The number of carbonyl (C=O) groups is 2. The fourth-order valence-electron chi connectivity index (χ4n) is 4.93. The van der Waals surface area contributed by atoms with Crippen molar-refractivity contribution in [2.45, 2.75) is 25.4 Å². The van der Waals surface area contributed by atoms with Crippen LogP contribution in [0.2, 0.25) is 0 Å². The first-order valence-corrected chi connectivity index (χ1v) is 13.5. The van der Waals surface area contributed by atoms with Gasteiger partial charge in [-0.3, -0.25) is 9.59 Å². The summed E-state index contributed by atoms with van der Waals surface area (Å²) in [6, 6.07) is 15.5. The van der Waals surface area contributed by atoms with Gasteiger partial charge in [-0.2, -0.15) is 0 Å². The largest absolute Gasteiger partial charge is 0.382 e. The predicted molar refractivity (Wildman–Crippen MR) is 153 cm³/mol. The van der Waals surface area contributed by atoms with Crippen molar-refractivity contribution in [1.29, 1.82) is 0 Å². The summed E-state index contributed by atoms with van der Waals surface area (Å²) in [4.78, 5) is 39.2. The number of piperazine rings is 1. The summed E-state index contributed by atoms with van der Waals surface area (Å²) < 4.78 is 0. The number of benzene rings is 2. The van der Waals surface area contributed by atoms with E-state index in [1.54, 1.807) is 18.2 Å². The van der Waals surface area contributed by atoms with Crippen LogP contribution in [0.25, 0.3) is 11.3 Å². The summed E-state index contributed by atoms with van der Waals surface area (Å²) in [5, 5.41) is 9.26. The normalized spacial score (nSPS) is 18.0. The van der Waals surface area contributed by atoms with Gasteiger partial charge in [-0.1, -0.05) is 24.3 Å². The van der Waals surface area contributed by atoms with Gasteiger partial charge in [0.1, 0.15) is 0 Å².